The summed E-state index contributed by atoms with van der Waals surface area (Å²) in [5.41, 5.74) is 2.43. The van der Waals surface area contributed by atoms with E-state index in [1.165, 1.54) is 0 Å². The fourth-order valence-corrected chi connectivity index (χ4v) is 3.91. The van der Waals surface area contributed by atoms with Crippen LogP contribution >= 0.6 is 23.2 Å². The van der Waals surface area contributed by atoms with Crippen molar-refractivity contribution >= 4 is 46.5 Å². The molecule has 5 nitrogen and oxygen atoms in total. The zero-order valence-corrected chi connectivity index (χ0v) is 18.7. The third-order valence-corrected chi connectivity index (χ3v) is 5.57. The van der Waals surface area contributed by atoms with E-state index in [1.54, 1.807) is 60.4 Å². The Morgan fingerprint density at radius 1 is 0.938 bits per heavy atom. The van der Waals surface area contributed by atoms with Gasteiger partial charge in [-0.15, -0.1) is 0 Å². The van der Waals surface area contributed by atoms with Gasteiger partial charge >= 0.3 is 5.97 Å². The molecule has 1 aliphatic heterocycles. The number of ether oxygens (including phenoxy) is 1. The first-order valence-electron chi connectivity index (χ1n) is 10.1. The second-order valence-electron chi connectivity index (χ2n) is 7.11. The van der Waals surface area contributed by atoms with Crippen LogP contribution in [0.5, 0.6) is 0 Å². The molecule has 1 amide bonds. The van der Waals surface area contributed by atoms with Gasteiger partial charge < -0.3 is 10.1 Å². The van der Waals surface area contributed by atoms with Gasteiger partial charge in [-0.05, 0) is 61.0 Å². The Balaban J connectivity index is 1.88. The van der Waals surface area contributed by atoms with Crippen LogP contribution in [-0.2, 0) is 14.3 Å². The molecular formula is C25H20Cl2N2O3. The number of nitrogens with one attached hydrogen (secondary N) is 1. The number of rotatable bonds is 6. The quantitative estimate of drug-likeness (QED) is 0.451. The number of carbonyl (C=O) groups is 2. The Labute approximate surface area is 196 Å². The van der Waals surface area contributed by atoms with Crippen molar-refractivity contribution < 1.29 is 14.3 Å². The number of esters is 1. The maximum absolute atomic E-state index is 13.7. The zero-order valence-electron chi connectivity index (χ0n) is 17.2. The van der Waals surface area contributed by atoms with E-state index < -0.39 is 12.0 Å². The summed E-state index contributed by atoms with van der Waals surface area (Å²) in [5.74, 6) is -0.901. The maximum atomic E-state index is 13.7. The van der Waals surface area contributed by atoms with Crippen molar-refractivity contribution in [1.82, 2.24) is 0 Å². The highest BCUT2D eigenvalue weighted by atomic mass is 35.5. The fourth-order valence-electron chi connectivity index (χ4n) is 3.66. The molecular weight excluding hydrogens is 447 g/mol. The Morgan fingerprint density at radius 3 is 2.12 bits per heavy atom. The lowest BCUT2D eigenvalue weighted by Gasteiger charge is -2.27. The van der Waals surface area contributed by atoms with Gasteiger partial charge in [-0.25, -0.2) is 4.79 Å². The minimum absolute atomic E-state index is 0.162. The van der Waals surface area contributed by atoms with Crippen molar-refractivity contribution in [2.45, 2.75) is 13.0 Å². The minimum Gasteiger partial charge on any atom is -0.463 e. The molecule has 0 aromatic heterocycles. The van der Waals surface area contributed by atoms with Gasteiger partial charge in [-0.1, -0.05) is 53.5 Å². The van der Waals surface area contributed by atoms with Crippen LogP contribution in [0.4, 0.5) is 11.4 Å². The highest BCUT2D eigenvalue weighted by Gasteiger charge is 2.45. The Hall–Kier alpha value is -3.28. The molecule has 1 aliphatic rings. The predicted octanol–water partition coefficient (Wildman–Crippen LogP) is 6.01. The molecule has 3 aromatic rings. The average molecular weight is 467 g/mol. The van der Waals surface area contributed by atoms with Gasteiger partial charge in [0.2, 0.25) is 0 Å². The first kappa shape index (κ1) is 21.9. The van der Waals surface area contributed by atoms with E-state index in [4.69, 9.17) is 27.9 Å². The SMILES string of the molecule is CCOC(=O)C1=C(Nc2ccc(Cl)cc2)C(=O)N(c2ccc(Cl)cc2)C1c1ccccc1. The Morgan fingerprint density at radius 2 is 1.53 bits per heavy atom. The van der Waals surface area contributed by atoms with Crippen molar-refractivity contribution in [2.24, 2.45) is 0 Å². The highest BCUT2D eigenvalue weighted by Crippen LogP contribution is 2.42. The molecule has 0 saturated carbocycles. The molecule has 0 aliphatic carbocycles. The second kappa shape index (κ2) is 9.47. The molecule has 7 heteroatoms. The number of anilines is 2. The molecule has 32 heavy (non-hydrogen) atoms. The van der Waals surface area contributed by atoms with Crippen molar-refractivity contribution in [1.29, 1.82) is 0 Å². The summed E-state index contributed by atoms with van der Waals surface area (Å²) in [6.07, 6.45) is 0. The number of hydrogen-bond donors (Lipinski definition) is 1. The second-order valence-corrected chi connectivity index (χ2v) is 7.98. The first-order chi connectivity index (χ1) is 15.5. The van der Waals surface area contributed by atoms with Crippen LogP contribution in [0.3, 0.4) is 0 Å². The van der Waals surface area contributed by atoms with Gasteiger partial charge in [0.1, 0.15) is 5.70 Å². The number of benzene rings is 3. The molecule has 0 bridgehead atoms. The molecule has 0 fully saturated rings. The molecule has 0 saturated heterocycles. The normalized spacial score (nSPS) is 15.8. The third kappa shape index (κ3) is 4.35. The molecule has 162 valence electrons. The molecule has 0 spiro atoms. The smallest absolute Gasteiger partial charge is 0.338 e. The molecule has 1 heterocycles. The van der Waals surface area contributed by atoms with E-state index in [0.717, 1.165) is 5.56 Å². The third-order valence-electron chi connectivity index (χ3n) is 5.06. The number of hydrogen-bond acceptors (Lipinski definition) is 4. The van der Waals surface area contributed by atoms with Gasteiger partial charge in [-0.3, -0.25) is 9.69 Å². The topological polar surface area (TPSA) is 58.6 Å². The number of nitrogens with zero attached hydrogens (tertiary/aromatic N) is 1. The average Bonchev–Trinajstić information content (AvgIpc) is 3.09. The lowest BCUT2D eigenvalue weighted by atomic mass is 9.98. The monoisotopic (exact) mass is 466 g/mol. The van der Waals surface area contributed by atoms with E-state index in [1.807, 2.05) is 30.3 Å². The summed E-state index contributed by atoms with van der Waals surface area (Å²) in [5, 5.41) is 4.24. The number of amides is 1. The lowest BCUT2D eigenvalue weighted by molar-refractivity contribution is -0.138. The van der Waals surface area contributed by atoms with Crippen LogP contribution in [0.15, 0.2) is 90.1 Å². The van der Waals surface area contributed by atoms with Crippen LogP contribution < -0.4 is 10.2 Å². The zero-order chi connectivity index (χ0) is 22.7. The molecule has 4 rings (SSSR count). The summed E-state index contributed by atoms with van der Waals surface area (Å²) in [6, 6.07) is 22.5. The van der Waals surface area contributed by atoms with Crippen LogP contribution in [0.1, 0.15) is 18.5 Å². The van der Waals surface area contributed by atoms with Crippen molar-refractivity contribution in [3.63, 3.8) is 0 Å². The summed E-state index contributed by atoms with van der Waals surface area (Å²) in [4.78, 5) is 28.4. The predicted molar refractivity (Wildman–Crippen MR) is 127 cm³/mol. The van der Waals surface area contributed by atoms with Gasteiger partial charge in [0.25, 0.3) is 5.91 Å². The largest absolute Gasteiger partial charge is 0.463 e. The van der Waals surface area contributed by atoms with E-state index in [-0.39, 0.29) is 23.8 Å². The van der Waals surface area contributed by atoms with Crippen molar-refractivity contribution in [3.8, 4) is 0 Å². The standard InChI is InChI=1S/C25H20Cl2N2O3/c1-2-32-25(31)21-22(28-19-12-8-17(26)9-13-19)24(30)29(20-14-10-18(27)11-15-20)23(21)16-6-4-3-5-7-16/h3-15,23,28H,2H2,1H3. The van der Waals surface area contributed by atoms with Crippen molar-refractivity contribution in [2.75, 3.05) is 16.8 Å². The van der Waals surface area contributed by atoms with E-state index in [0.29, 0.717) is 21.4 Å². The number of halogens is 2. The maximum Gasteiger partial charge on any atom is 0.338 e. The fraction of sp³-hybridized carbons (Fsp3) is 0.120. The highest BCUT2D eigenvalue weighted by molar-refractivity contribution is 6.31. The van der Waals surface area contributed by atoms with Crippen molar-refractivity contribution in [3.05, 3.63) is 106 Å². The van der Waals surface area contributed by atoms with Crippen LogP contribution in [0, 0.1) is 0 Å². The summed E-state index contributed by atoms with van der Waals surface area (Å²) in [6.45, 7) is 1.92. The van der Waals surface area contributed by atoms with Gasteiger partial charge in [-0.2, -0.15) is 0 Å². The van der Waals surface area contributed by atoms with Crippen LogP contribution in [-0.4, -0.2) is 18.5 Å². The van der Waals surface area contributed by atoms with E-state index in [2.05, 4.69) is 5.32 Å². The Bertz CT molecular complexity index is 1160. The molecule has 1 N–H and O–H groups in total. The summed E-state index contributed by atoms with van der Waals surface area (Å²) >= 11 is 12.1. The van der Waals surface area contributed by atoms with E-state index in [9.17, 15) is 9.59 Å². The van der Waals surface area contributed by atoms with Gasteiger partial charge in [0.15, 0.2) is 0 Å². The molecule has 3 aromatic carbocycles. The number of carbonyl (C=O) groups excluding carboxylic acids is 2. The Kier molecular flexibility index (Phi) is 6.49. The molecule has 1 unspecified atom stereocenters. The van der Waals surface area contributed by atoms with E-state index >= 15 is 0 Å². The molecule has 0 radical (unpaired) electrons. The summed E-state index contributed by atoms with van der Waals surface area (Å²) < 4.78 is 5.36. The lowest BCUT2D eigenvalue weighted by Crippen LogP contribution is -2.31. The minimum atomic E-state index is -0.668. The molecule has 1 atom stereocenters. The summed E-state index contributed by atoms with van der Waals surface area (Å²) in [7, 11) is 0. The van der Waals surface area contributed by atoms with Gasteiger partial charge in [0, 0.05) is 21.4 Å². The van der Waals surface area contributed by atoms with Crippen LogP contribution in [0.2, 0.25) is 10.0 Å². The van der Waals surface area contributed by atoms with Crippen LogP contribution in [0.25, 0.3) is 0 Å². The first-order valence-corrected chi connectivity index (χ1v) is 10.8. The van der Waals surface area contributed by atoms with Gasteiger partial charge in [0.05, 0.1) is 18.2 Å².